The molecule has 0 aromatic carbocycles. The summed E-state index contributed by atoms with van der Waals surface area (Å²) in [5, 5.41) is 0. The molecule has 0 unspecified atom stereocenters. The van der Waals surface area contributed by atoms with Gasteiger partial charge in [-0.1, -0.05) is 121 Å². The highest BCUT2D eigenvalue weighted by molar-refractivity contribution is 5.28. The van der Waals surface area contributed by atoms with Gasteiger partial charge in [-0.05, 0) is 129 Å². The Morgan fingerprint density at radius 1 is 0.825 bits per heavy atom. The van der Waals surface area contributed by atoms with Crippen molar-refractivity contribution >= 4 is 0 Å². The van der Waals surface area contributed by atoms with Gasteiger partial charge in [0.05, 0.1) is 0 Å². The Kier molecular flexibility index (Phi) is 14.0. The second-order valence-corrected chi connectivity index (χ2v) is 14.3. The van der Waals surface area contributed by atoms with Crippen molar-refractivity contribution in [1.82, 2.24) is 0 Å². The molecule has 0 aromatic heterocycles. The van der Waals surface area contributed by atoms with Crippen LogP contribution in [-0.2, 0) is 0 Å². The van der Waals surface area contributed by atoms with Gasteiger partial charge in [-0.3, -0.25) is 0 Å². The summed E-state index contributed by atoms with van der Waals surface area (Å²) in [4.78, 5) is 0. The fraction of sp³-hybridized carbons (Fsp3) is 0.600. The van der Waals surface area contributed by atoms with Gasteiger partial charge in [-0.25, -0.2) is 0 Å². The average Bonchev–Trinajstić information content (AvgIpc) is 2.85. The first-order valence-corrected chi connectivity index (χ1v) is 16.2. The summed E-state index contributed by atoms with van der Waals surface area (Å²) < 4.78 is 0. The molecule has 0 N–H and O–H groups in total. The summed E-state index contributed by atoms with van der Waals surface area (Å²) in [5.41, 5.74) is 11.5. The molecular formula is C40H62. The molecule has 0 heterocycles. The maximum Gasteiger partial charge on any atom is -0.0142 e. The maximum atomic E-state index is 2.47. The summed E-state index contributed by atoms with van der Waals surface area (Å²) in [6, 6.07) is 0. The van der Waals surface area contributed by atoms with E-state index in [4.69, 9.17) is 0 Å². The van der Waals surface area contributed by atoms with Gasteiger partial charge in [0.25, 0.3) is 0 Å². The highest BCUT2D eigenvalue weighted by Gasteiger charge is 2.32. The van der Waals surface area contributed by atoms with E-state index in [1.165, 1.54) is 68.1 Å². The van der Waals surface area contributed by atoms with E-state index in [1.807, 2.05) is 0 Å². The van der Waals surface area contributed by atoms with Crippen LogP contribution in [-0.4, -0.2) is 0 Å². The van der Waals surface area contributed by atoms with Gasteiger partial charge in [-0.2, -0.15) is 0 Å². The van der Waals surface area contributed by atoms with E-state index < -0.39 is 0 Å². The third-order valence-electron chi connectivity index (χ3n) is 9.65. The Balaban J connectivity index is 1.74. The zero-order valence-electron chi connectivity index (χ0n) is 28.1. The predicted octanol–water partition coefficient (Wildman–Crippen LogP) is 13.1. The summed E-state index contributed by atoms with van der Waals surface area (Å²) in [6.45, 7) is 23.5. The molecule has 0 saturated heterocycles. The fourth-order valence-corrected chi connectivity index (χ4v) is 6.81. The molecule has 222 valence electrons. The first-order chi connectivity index (χ1) is 18.8. The minimum atomic E-state index is 0.385. The van der Waals surface area contributed by atoms with Gasteiger partial charge >= 0.3 is 0 Å². The lowest BCUT2D eigenvalue weighted by molar-refractivity contribution is 0.204. The molecule has 0 amide bonds. The average molecular weight is 543 g/mol. The van der Waals surface area contributed by atoms with Crippen LogP contribution in [0.1, 0.15) is 140 Å². The first kappa shape index (κ1) is 34.1. The smallest absolute Gasteiger partial charge is 0.0142 e. The molecule has 0 spiro atoms. The van der Waals surface area contributed by atoms with Crippen LogP contribution in [0, 0.1) is 16.7 Å². The lowest BCUT2D eigenvalue weighted by atomic mass is 9.67. The van der Waals surface area contributed by atoms with Crippen LogP contribution in [0.4, 0.5) is 0 Å². The van der Waals surface area contributed by atoms with Crippen LogP contribution in [0.15, 0.2) is 93.7 Å². The van der Waals surface area contributed by atoms with E-state index in [0.29, 0.717) is 10.8 Å². The molecular weight excluding hydrogens is 480 g/mol. The van der Waals surface area contributed by atoms with Crippen molar-refractivity contribution < 1.29 is 0 Å². The van der Waals surface area contributed by atoms with Crippen molar-refractivity contribution in [2.45, 2.75) is 140 Å². The monoisotopic (exact) mass is 542 g/mol. The molecule has 2 rings (SSSR count). The van der Waals surface area contributed by atoms with Gasteiger partial charge in [0.1, 0.15) is 0 Å². The van der Waals surface area contributed by atoms with Crippen LogP contribution in [0.5, 0.6) is 0 Å². The van der Waals surface area contributed by atoms with E-state index in [1.54, 1.807) is 22.3 Å². The van der Waals surface area contributed by atoms with Crippen LogP contribution in [0.2, 0.25) is 0 Å². The third-order valence-corrected chi connectivity index (χ3v) is 9.65. The Morgan fingerprint density at radius 2 is 1.50 bits per heavy atom. The lowest BCUT2D eigenvalue weighted by Crippen LogP contribution is -2.27. The highest BCUT2D eigenvalue weighted by atomic mass is 14.4. The van der Waals surface area contributed by atoms with Gasteiger partial charge in [0.15, 0.2) is 0 Å². The SMILES string of the molecule is CC1=CCCC(C)(C)[C@H]1CC/C(C)=C/CC/C(C)=C/C=C/C=C(C)/C=C/C=C(\C)CCC1=C(C)CCCC1(C)C. The van der Waals surface area contributed by atoms with Gasteiger partial charge in [0, 0.05) is 0 Å². The largest absolute Gasteiger partial charge is 0.0853 e. The van der Waals surface area contributed by atoms with Gasteiger partial charge < -0.3 is 0 Å². The number of allylic oxidation sites excluding steroid dienone is 16. The summed E-state index contributed by atoms with van der Waals surface area (Å²) in [6.07, 6.45) is 34.2. The number of hydrogen-bond donors (Lipinski definition) is 0. The Morgan fingerprint density at radius 3 is 2.20 bits per heavy atom. The second kappa shape index (κ2) is 16.4. The molecule has 0 radical (unpaired) electrons. The summed E-state index contributed by atoms with van der Waals surface area (Å²) >= 11 is 0. The Labute approximate surface area is 249 Å². The second-order valence-electron chi connectivity index (χ2n) is 14.3. The Hall–Kier alpha value is -2.08. The van der Waals surface area contributed by atoms with E-state index in [9.17, 15) is 0 Å². The number of hydrogen-bond acceptors (Lipinski definition) is 0. The minimum Gasteiger partial charge on any atom is -0.0853 e. The van der Waals surface area contributed by atoms with Gasteiger partial charge in [0.2, 0.25) is 0 Å². The normalized spacial score (nSPS) is 22.9. The zero-order chi connectivity index (χ0) is 29.8. The van der Waals surface area contributed by atoms with Crippen molar-refractivity contribution in [2.24, 2.45) is 16.7 Å². The topological polar surface area (TPSA) is 0 Å². The molecule has 0 saturated carbocycles. The summed E-state index contributed by atoms with van der Waals surface area (Å²) in [5.74, 6) is 0.740. The molecule has 0 fully saturated rings. The Bertz CT molecular complexity index is 1070. The first-order valence-electron chi connectivity index (χ1n) is 16.2. The quantitative estimate of drug-likeness (QED) is 0.160. The molecule has 2 aliphatic carbocycles. The van der Waals surface area contributed by atoms with E-state index >= 15 is 0 Å². The van der Waals surface area contributed by atoms with Crippen LogP contribution < -0.4 is 0 Å². The molecule has 40 heavy (non-hydrogen) atoms. The van der Waals surface area contributed by atoms with Crippen molar-refractivity contribution in [3.63, 3.8) is 0 Å². The predicted molar refractivity (Wildman–Crippen MR) is 182 cm³/mol. The third kappa shape index (κ3) is 11.8. The highest BCUT2D eigenvalue weighted by Crippen LogP contribution is 2.44. The van der Waals surface area contributed by atoms with Crippen molar-refractivity contribution in [3.05, 3.63) is 93.7 Å². The van der Waals surface area contributed by atoms with Crippen molar-refractivity contribution in [3.8, 4) is 0 Å². The molecule has 0 nitrogen and oxygen atoms in total. The van der Waals surface area contributed by atoms with E-state index in [0.717, 1.165) is 25.2 Å². The standard InChI is InChI=1S/C40H62/c1-31(19-13-21-33(3)25-27-37-35(5)23-15-29-39(37,7)8)17-11-12-18-32(2)20-14-22-34(4)26-28-38-36(6)24-16-30-40(38,9)10/h11-13,17-19,21-22,24,38H,14-16,20,23,25-30H2,1-10H3/b12-11+,19-13+,31-17+,32-18+,33-21+,34-22+/t38-/m0/s1. The lowest BCUT2D eigenvalue weighted by Gasteiger charge is -2.38. The van der Waals surface area contributed by atoms with Crippen LogP contribution in [0.25, 0.3) is 0 Å². The fourth-order valence-electron chi connectivity index (χ4n) is 6.81. The number of rotatable bonds is 13. The molecule has 0 bridgehead atoms. The van der Waals surface area contributed by atoms with E-state index in [2.05, 4.69) is 124 Å². The van der Waals surface area contributed by atoms with Crippen LogP contribution >= 0.6 is 0 Å². The molecule has 1 atom stereocenters. The summed E-state index contributed by atoms with van der Waals surface area (Å²) in [7, 11) is 0. The molecule has 0 heteroatoms. The van der Waals surface area contributed by atoms with E-state index in [-0.39, 0.29) is 0 Å². The maximum absolute atomic E-state index is 2.47. The molecule has 0 aliphatic heterocycles. The van der Waals surface area contributed by atoms with Crippen molar-refractivity contribution in [1.29, 1.82) is 0 Å². The molecule has 2 aliphatic rings. The van der Waals surface area contributed by atoms with Gasteiger partial charge in [-0.15, -0.1) is 0 Å². The zero-order valence-corrected chi connectivity index (χ0v) is 28.1. The van der Waals surface area contributed by atoms with Crippen LogP contribution in [0.3, 0.4) is 0 Å². The minimum absolute atomic E-state index is 0.385. The molecule has 0 aromatic rings. The van der Waals surface area contributed by atoms with Crippen molar-refractivity contribution in [2.75, 3.05) is 0 Å².